The zero-order chi connectivity index (χ0) is 16.2. The lowest BCUT2D eigenvalue weighted by atomic mass is 9.97. The summed E-state index contributed by atoms with van der Waals surface area (Å²) in [7, 11) is 0. The first-order chi connectivity index (χ1) is 11.1. The molecule has 3 rings (SSSR count). The van der Waals surface area contributed by atoms with Crippen LogP contribution in [-0.2, 0) is 4.79 Å². The maximum Gasteiger partial charge on any atom is 0.224 e. The predicted octanol–water partition coefficient (Wildman–Crippen LogP) is 3.61. The van der Waals surface area contributed by atoms with Crippen molar-refractivity contribution < 1.29 is 4.79 Å². The Morgan fingerprint density at radius 1 is 1.32 bits per heavy atom. The minimum Gasteiger partial charge on any atom is -0.346 e. The molecule has 1 fully saturated rings. The number of halogens is 2. The highest BCUT2D eigenvalue weighted by Gasteiger charge is 2.25. The number of fused-ring (bicyclic) bond motifs is 1. The summed E-state index contributed by atoms with van der Waals surface area (Å²) in [5, 5.41) is 6.53. The number of imidazole rings is 1. The Morgan fingerprint density at radius 2 is 2.08 bits per heavy atom. The Kier molecular flexibility index (Phi) is 8.69. The van der Waals surface area contributed by atoms with Crippen LogP contribution in [0.4, 0.5) is 0 Å². The van der Waals surface area contributed by atoms with Crippen LogP contribution in [0.2, 0.25) is 0 Å². The number of hydrogen-bond acceptors (Lipinski definition) is 3. The molecule has 1 aliphatic heterocycles. The molecule has 0 bridgehead atoms. The van der Waals surface area contributed by atoms with Crippen molar-refractivity contribution in [3.05, 3.63) is 30.1 Å². The summed E-state index contributed by atoms with van der Waals surface area (Å²) in [5.74, 6) is 1.56. The Balaban J connectivity index is 0.00000156. The van der Waals surface area contributed by atoms with E-state index in [1.807, 2.05) is 24.3 Å². The molecular formula is C18H28Cl2N4O. The monoisotopic (exact) mass is 386 g/mol. The summed E-state index contributed by atoms with van der Waals surface area (Å²) in [6.45, 7) is 6.14. The van der Waals surface area contributed by atoms with E-state index in [1.165, 1.54) is 0 Å². The van der Waals surface area contributed by atoms with Crippen LogP contribution in [0.25, 0.3) is 11.0 Å². The molecule has 0 aliphatic carbocycles. The van der Waals surface area contributed by atoms with Gasteiger partial charge in [0.05, 0.1) is 23.0 Å². The minimum absolute atomic E-state index is 0. The zero-order valence-electron chi connectivity index (χ0n) is 14.7. The molecule has 1 aliphatic rings. The number of benzene rings is 1. The van der Waals surface area contributed by atoms with Gasteiger partial charge in [0.15, 0.2) is 0 Å². The van der Waals surface area contributed by atoms with Crippen molar-refractivity contribution in [2.45, 2.75) is 39.2 Å². The fourth-order valence-corrected chi connectivity index (χ4v) is 3.21. The predicted molar refractivity (Wildman–Crippen MR) is 107 cm³/mol. The Morgan fingerprint density at radius 3 is 2.72 bits per heavy atom. The van der Waals surface area contributed by atoms with E-state index in [0.29, 0.717) is 5.92 Å². The minimum atomic E-state index is -0.0585. The summed E-state index contributed by atoms with van der Waals surface area (Å²) in [5.41, 5.74) is 1.97. The Hall–Kier alpha value is -1.30. The molecule has 3 N–H and O–H groups in total. The third-order valence-electron chi connectivity index (χ3n) is 4.43. The largest absolute Gasteiger partial charge is 0.346 e. The van der Waals surface area contributed by atoms with Gasteiger partial charge in [-0.15, -0.1) is 24.8 Å². The average Bonchev–Trinajstić information content (AvgIpc) is 2.98. The van der Waals surface area contributed by atoms with Gasteiger partial charge in [0, 0.05) is 6.54 Å². The molecule has 5 nitrogen and oxygen atoms in total. The molecule has 1 saturated heterocycles. The number of rotatable bonds is 5. The van der Waals surface area contributed by atoms with E-state index in [9.17, 15) is 4.79 Å². The molecule has 1 amide bonds. The number of aromatic nitrogens is 2. The Bertz CT molecular complexity index is 635. The summed E-state index contributed by atoms with van der Waals surface area (Å²) in [4.78, 5) is 20.6. The van der Waals surface area contributed by atoms with Gasteiger partial charge < -0.3 is 15.6 Å². The molecule has 1 aromatic heterocycles. The highest BCUT2D eigenvalue weighted by molar-refractivity contribution is 5.85. The molecule has 25 heavy (non-hydrogen) atoms. The number of nitrogens with zero attached hydrogens (tertiary/aromatic N) is 1. The van der Waals surface area contributed by atoms with Crippen molar-refractivity contribution in [2.75, 3.05) is 13.1 Å². The Labute approximate surface area is 161 Å². The topological polar surface area (TPSA) is 69.8 Å². The number of hydrogen-bond donors (Lipinski definition) is 3. The van der Waals surface area contributed by atoms with Crippen LogP contribution in [0.15, 0.2) is 24.3 Å². The quantitative estimate of drug-likeness (QED) is 0.734. The number of aromatic amines is 1. The molecule has 140 valence electrons. The first-order valence-corrected chi connectivity index (χ1v) is 8.59. The van der Waals surface area contributed by atoms with Crippen LogP contribution in [0, 0.1) is 11.8 Å². The van der Waals surface area contributed by atoms with Gasteiger partial charge in [-0.1, -0.05) is 26.0 Å². The number of amides is 1. The molecular weight excluding hydrogens is 359 g/mol. The molecule has 2 heterocycles. The molecule has 1 aromatic carbocycles. The van der Waals surface area contributed by atoms with Crippen molar-refractivity contribution in [2.24, 2.45) is 11.8 Å². The molecule has 0 spiro atoms. The molecule has 2 unspecified atom stereocenters. The van der Waals surface area contributed by atoms with Crippen LogP contribution < -0.4 is 10.6 Å². The normalized spacial score (nSPS) is 18.3. The van der Waals surface area contributed by atoms with E-state index < -0.39 is 0 Å². The standard InChI is InChI=1S/C18H26N4O.2ClH/c1-12(2)10-16(22-18(23)13-6-5-9-19-11-13)17-20-14-7-3-4-8-15(14)21-17;;/h3-4,7-8,12-13,16,19H,5-6,9-11H2,1-2H3,(H,20,21)(H,22,23);2*1H. The maximum atomic E-state index is 12.6. The highest BCUT2D eigenvalue weighted by Crippen LogP contribution is 2.23. The summed E-state index contributed by atoms with van der Waals surface area (Å²) in [6, 6.07) is 7.93. The van der Waals surface area contributed by atoms with E-state index in [2.05, 4.69) is 34.4 Å². The first-order valence-electron chi connectivity index (χ1n) is 8.59. The van der Waals surface area contributed by atoms with Crippen molar-refractivity contribution in [3.63, 3.8) is 0 Å². The van der Waals surface area contributed by atoms with E-state index in [4.69, 9.17) is 0 Å². The summed E-state index contributed by atoms with van der Waals surface area (Å²) in [6.07, 6.45) is 2.91. The number of H-pyrrole nitrogens is 1. The number of piperidine rings is 1. The molecule has 0 radical (unpaired) electrons. The zero-order valence-corrected chi connectivity index (χ0v) is 16.4. The van der Waals surface area contributed by atoms with Gasteiger partial charge >= 0.3 is 0 Å². The average molecular weight is 387 g/mol. The van der Waals surface area contributed by atoms with Gasteiger partial charge in [-0.2, -0.15) is 0 Å². The number of carbonyl (C=O) groups is 1. The van der Waals surface area contributed by atoms with Crippen molar-refractivity contribution in [1.82, 2.24) is 20.6 Å². The fraction of sp³-hybridized carbons (Fsp3) is 0.556. The van der Waals surface area contributed by atoms with Crippen molar-refractivity contribution >= 4 is 41.8 Å². The second-order valence-corrected chi connectivity index (χ2v) is 6.87. The molecule has 7 heteroatoms. The fourth-order valence-electron chi connectivity index (χ4n) is 3.21. The van der Waals surface area contributed by atoms with Crippen LogP contribution in [-0.4, -0.2) is 29.0 Å². The number of para-hydroxylation sites is 2. The van der Waals surface area contributed by atoms with Gasteiger partial charge in [-0.3, -0.25) is 4.79 Å². The van der Waals surface area contributed by atoms with Gasteiger partial charge in [-0.25, -0.2) is 4.98 Å². The van der Waals surface area contributed by atoms with Gasteiger partial charge in [-0.05, 0) is 43.9 Å². The van der Waals surface area contributed by atoms with E-state index >= 15 is 0 Å². The molecule has 2 aromatic rings. The van der Waals surface area contributed by atoms with Crippen LogP contribution in [0.5, 0.6) is 0 Å². The lowest BCUT2D eigenvalue weighted by Gasteiger charge is -2.25. The molecule has 0 saturated carbocycles. The smallest absolute Gasteiger partial charge is 0.224 e. The van der Waals surface area contributed by atoms with E-state index in [-0.39, 0.29) is 42.7 Å². The maximum absolute atomic E-state index is 12.6. The second kappa shape index (κ2) is 10.00. The van der Waals surface area contributed by atoms with Crippen LogP contribution in [0.1, 0.15) is 45.0 Å². The van der Waals surface area contributed by atoms with E-state index in [1.54, 1.807) is 0 Å². The number of carbonyl (C=O) groups excluding carboxylic acids is 1. The third kappa shape index (κ3) is 5.59. The first kappa shape index (κ1) is 21.7. The van der Waals surface area contributed by atoms with E-state index in [0.717, 1.165) is 49.2 Å². The van der Waals surface area contributed by atoms with Crippen LogP contribution >= 0.6 is 24.8 Å². The van der Waals surface area contributed by atoms with Gasteiger partial charge in [0.2, 0.25) is 5.91 Å². The molecule has 2 atom stereocenters. The summed E-state index contributed by atoms with van der Waals surface area (Å²) >= 11 is 0. The second-order valence-electron chi connectivity index (χ2n) is 6.87. The highest BCUT2D eigenvalue weighted by atomic mass is 35.5. The lowest BCUT2D eigenvalue weighted by molar-refractivity contribution is -0.126. The lowest BCUT2D eigenvalue weighted by Crippen LogP contribution is -2.42. The third-order valence-corrected chi connectivity index (χ3v) is 4.43. The van der Waals surface area contributed by atoms with Gasteiger partial charge in [0.1, 0.15) is 5.82 Å². The number of nitrogens with one attached hydrogen (secondary N) is 3. The van der Waals surface area contributed by atoms with Gasteiger partial charge in [0.25, 0.3) is 0 Å². The SMILES string of the molecule is CC(C)CC(NC(=O)C1CCCNC1)c1nc2ccccc2[nH]1.Cl.Cl. The van der Waals surface area contributed by atoms with Crippen LogP contribution in [0.3, 0.4) is 0 Å². The van der Waals surface area contributed by atoms with Crippen molar-refractivity contribution in [1.29, 1.82) is 0 Å². The van der Waals surface area contributed by atoms with Crippen molar-refractivity contribution in [3.8, 4) is 0 Å². The summed E-state index contributed by atoms with van der Waals surface area (Å²) < 4.78 is 0.